The molecule has 0 saturated carbocycles. The number of carbonyl (C=O) groups is 1. The number of carbonyl (C=O) groups excluding carboxylic acids is 1. The van der Waals surface area contributed by atoms with Crippen molar-refractivity contribution in [1.82, 2.24) is 14.9 Å². The Morgan fingerprint density at radius 1 is 1.62 bits per heavy atom. The van der Waals surface area contributed by atoms with Crippen LogP contribution in [0.4, 0.5) is 0 Å². The highest BCUT2D eigenvalue weighted by atomic mass is 79.9. The van der Waals surface area contributed by atoms with Crippen molar-refractivity contribution in [2.24, 2.45) is 5.92 Å². The van der Waals surface area contributed by atoms with Crippen molar-refractivity contribution in [2.75, 3.05) is 11.9 Å². The van der Waals surface area contributed by atoms with Crippen LogP contribution in [0.25, 0.3) is 0 Å². The summed E-state index contributed by atoms with van der Waals surface area (Å²) >= 11 is 4.55. The maximum Gasteiger partial charge on any atom is 0.264 e. The van der Waals surface area contributed by atoms with Gasteiger partial charge in [0.25, 0.3) is 5.91 Å². The van der Waals surface area contributed by atoms with E-state index in [9.17, 15) is 4.79 Å². The van der Waals surface area contributed by atoms with Crippen molar-refractivity contribution in [2.45, 2.75) is 26.7 Å². The van der Waals surface area contributed by atoms with Crippen LogP contribution >= 0.6 is 27.5 Å². The van der Waals surface area contributed by atoms with E-state index in [4.69, 9.17) is 0 Å². The van der Waals surface area contributed by atoms with Crippen LogP contribution in [-0.4, -0.2) is 27.4 Å². The SMILES string of the molecule is CCCc1nnsc1C(=O)NCC(C)CBr. The number of hydrogen-bond acceptors (Lipinski definition) is 4. The van der Waals surface area contributed by atoms with Crippen LogP contribution in [0.2, 0.25) is 0 Å². The molecule has 1 heterocycles. The van der Waals surface area contributed by atoms with Crippen LogP contribution in [-0.2, 0) is 6.42 Å². The molecule has 0 aliphatic carbocycles. The molecule has 1 amide bonds. The van der Waals surface area contributed by atoms with E-state index in [1.54, 1.807) is 0 Å². The summed E-state index contributed by atoms with van der Waals surface area (Å²) in [5.74, 6) is 0.380. The first-order chi connectivity index (χ1) is 7.69. The predicted molar refractivity (Wildman–Crippen MR) is 69.2 cm³/mol. The first-order valence-corrected chi connectivity index (χ1v) is 7.23. The third-order valence-corrected chi connectivity index (χ3v) is 4.00. The number of nitrogens with zero attached hydrogens (tertiary/aromatic N) is 2. The van der Waals surface area contributed by atoms with Crippen LogP contribution in [0.5, 0.6) is 0 Å². The molecule has 0 spiro atoms. The average molecular weight is 306 g/mol. The Kier molecular flexibility index (Phi) is 5.90. The van der Waals surface area contributed by atoms with E-state index in [-0.39, 0.29) is 5.91 Å². The van der Waals surface area contributed by atoms with Crippen molar-refractivity contribution in [3.63, 3.8) is 0 Å². The van der Waals surface area contributed by atoms with E-state index in [2.05, 4.69) is 44.7 Å². The minimum Gasteiger partial charge on any atom is -0.351 e. The van der Waals surface area contributed by atoms with Gasteiger partial charge in [-0.05, 0) is 23.9 Å². The Morgan fingerprint density at radius 2 is 2.38 bits per heavy atom. The molecule has 0 radical (unpaired) electrons. The molecule has 0 aliphatic rings. The quantitative estimate of drug-likeness (QED) is 0.820. The monoisotopic (exact) mass is 305 g/mol. The van der Waals surface area contributed by atoms with Crippen LogP contribution in [0.1, 0.15) is 35.6 Å². The molecule has 16 heavy (non-hydrogen) atoms. The van der Waals surface area contributed by atoms with Gasteiger partial charge in [-0.1, -0.05) is 40.7 Å². The molecular formula is C10H16BrN3OS. The highest BCUT2D eigenvalue weighted by molar-refractivity contribution is 9.09. The van der Waals surface area contributed by atoms with Gasteiger partial charge in [0.05, 0.1) is 5.69 Å². The van der Waals surface area contributed by atoms with Crippen LogP contribution in [0.15, 0.2) is 0 Å². The maximum absolute atomic E-state index is 11.8. The van der Waals surface area contributed by atoms with Gasteiger partial charge in [-0.3, -0.25) is 4.79 Å². The Hall–Kier alpha value is -0.490. The predicted octanol–water partition coefficient (Wildman–Crippen LogP) is 2.25. The first kappa shape index (κ1) is 13.6. The second-order valence-electron chi connectivity index (χ2n) is 3.77. The summed E-state index contributed by atoms with van der Waals surface area (Å²) < 4.78 is 3.83. The van der Waals surface area contributed by atoms with Crippen LogP contribution in [0, 0.1) is 5.92 Å². The number of aryl methyl sites for hydroxylation is 1. The van der Waals surface area contributed by atoms with Gasteiger partial charge < -0.3 is 5.32 Å². The molecule has 1 rings (SSSR count). The van der Waals surface area contributed by atoms with E-state index in [0.29, 0.717) is 17.3 Å². The lowest BCUT2D eigenvalue weighted by molar-refractivity contribution is 0.0952. The second kappa shape index (κ2) is 6.96. The summed E-state index contributed by atoms with van der Waals surface area (Å²) in [6, 6.07) is 0. The molecule has 0 fully saturated rings. The molecule has 6 heteroatoms. The fourth-order valence-corrected chi connectivity index (χ4v) is 2.04. The van der Waals surface area contributed by atoms with Crippen LogP contribution in [0.3, 0.4) is 0 Å². The number of hydrogen-bond donors (Lipinski definition) is 1. The average Bonchev–Trinajstić information content (AvgIpc) is 2.74. The van der Waals surface area contributed by atoms with Gasteiger partial charge in [-0.2, -0.15) is 0 Å². The van der Waals surface area contributed by atoms with Gasteiger partial charge in [0, 0.05) is 11.9 Å². The van der Waals surface area contributed by atoms with Crippen LogP contribution < -0.4 is 5.32 Å². The lowest BCUT2D eigenvalue weighted by Crippen LogP contribution is -2.28. The lowest BCUT2D eigenvalue weighted by atomic mass is 10.2. The van der Waals surface area contributed by atoms with Gasteiger partial charge in [0.2, 0.25) is 0 Å². The third-order valence-electron chi connectivity index (χ3n) is 2.12. The van der Waals surface area contributed by atoms with Crippen molar-refractivity contribution in [1.29, 1.82) is 0 Å². The summed E-state index contributed by atoms with van der Waals surface area (Å²) in [4.78, 5) is 12.5. The minimum absolute atomic E-state index is 0.0498. The summed E-state index contributed by atoms with van der Waals surface area (Å²) in [7, 11) is 0. The second-order valence-corrected chi connectivity index (χ2v) is 5.17. The Labute approximate surface area is 108 Å². The first-order valence-electron chi connectivity index (χ1n) is 5.34. The summed E-state index contributed by atoms with van der Waals surface area (Å²) in [5.41, 5.74) is 0.816. The van der Waals surface area contributed by atoms with Crippen molar-refractivity contribution in [3.05, 3.63) is 10.6 Å². The van der Waals surface area contributed by atoms with E-state index in [1.165, 1.54) is 11.5 Å². The summed E-state index contributed by atoms with van der Waals surface area (Å²) in [6.45, 7) is 4.81. The smallest absolute Gasteiger partial charge is 0.264 e. The van der Waals surface area contributed by atoms with Crippen molar-refractivity contribution in [3.8, 4) is 0 Å². The zero-order valence-electron chi connectivity index (χ0n) is 9.49. The number of rotatable bonds is 6. The number of amides is 1. The molecule has 1 atom stereocenters. The molecule has 1 N–H and O–H groups in total. The van der Waals surface area contributed by atoms with Gasteiger partial charge in [0.1, 0.15) is 4.88 Å². The lowest BCUT2D eigenvalue weighted by Gasteiger charge is -2.08. The molecular weight excluding hydrogens is 290 g/mol. The van der Waals surface area contributed by atoms with E-state index < -0.39 is 0 Å². The molecule has 1 aromatic heterocycles. The molecule has 1 unspecified atom stereocenters. The van der Waals surface area contributed by atoms with E-state index in [0.717, 1.165) is 23.9 Å². The number of aromatic nitrogens is 2. The zero-order chi connectivity index (χ0) is 12.0. The molecule has 0 aromatic carbocycles. The topological polar surface area (TPSA) is 54.9 Å². The van der Waals surface area contributed by atoms with E-state index in [1.807, 2.05) is 0 Å². The zero-order valence-corrected chi connectivity index (χ0v) is 11.9. The van der Waals surface area contributed by atoms with Crippen molar-refractivity contribution >= 4 is 33.4 Å². The molecule has 0 saturated heterocycles. The summed E-state index contributed by atoms with van der Waals surface area (Å²) in [5, 5.41) is 7.75. The highest BCUT2D eigenvalue weighted by Gasteiger charge is 2.15. The number of halogens is 1. The molecule has 0 aliphatic heterocycles. The molecule has 90 valence electrons. The summed E-state index contributed by atoms with van der Waals surface area (Å²) in [6.07, 6.45) is 1.79. The van der Waals surface area contributed by atoms with Gasteiger partial charge in [0.15, 0.2) is 0 Å². The Morgan fingerprint density at radius 3 is 3.00 bits per heavy atom. The minimum atomic E-state index is -0.0498. The normalized spacial score (nSPS) is 12.4. The van der Waals surface area contributed by atoms with Gasteiger partial charge >= 0.3 is 0 Å². The maximum atomic E-state index is 11.8. The van der Waals surface area contributed by atoms with Gasteiger partial charge in [-0.25, -0.2) is 0 Å². The molecule has 1 aromatic rings. The van der Waals surface area contributed by atoms with E-state index >= 15 is 0 Å². The van der Waals surface area contributed by atoms with Gasteiger partial charge in [-0.15, -0.1) is 5.10 Å². The Balaban J connectivity index is 2.55. The Bertz CT molecular complexity index is 343. The largest absolute Gasteiger partial charge is 0.351 e. The highest BCUT2D eigenvalue weighted by Crippen LogP contribution is 2.12. The molecule has 0 bridgehead atoms. The standard InChI is InChI=1S/C10H16BrN3OS/c1-3-4-8-9(16-14-13-8)10(15)12-6-7(2)5-11/h7H,3-6H2,1-2H3,(H,12,15). The third kappa shape index (κ3) is 3.83. The number of nitrogens with one attached hydrogen (secondary N) is 1. The van der Waals surface area contributed by atoms with Crippen molar-refractivity contribution < 1.29 is 4.79 Å². The number of alkyl halides is 1. The molecule has 4 nitrogen and oxygen atoms in total. The fraction of sp³-hybridized carbons (Fsp3) is 0.700. The fourth-order valence-electron chi connectivity index (χ4n) is 1.18.